The van der Waals surface area contributed by atoms with Gasteiger partial charge in [0.15, 0.2) is 0 Å². The number of hydrogen-bond acceptors (Lipinski definition) is 1. The molecule has 0 spiro atoms. The topological polar surface area (TPSA) is 9.23 Å². The summed E-state index contributed by atoms with van der Waals surface area (Å²) >= 11 is 0. The second-order valence-corrected chi connectivity index (χ2v) is 5.55. The Morgan fingerprint density at radius 2 is 1.62 bits per heavy atom. The summed E-state index contributed by atoms with van der Waals surface area (Å²) < 4.78 is 43.4. The lowest BCUT2D eigenvalue weighted by Gasteiger charge is -2.07. The van der Waals surface area contributed by atoms with E-state index >= 15 is 0 Å². The van der Waals surface area contributed by atoms with Gasteiger partial charge in [0.05, 0.1) is 12.2 Å². The monoisotopic (exact) mass is 334 g/mol. The third-order valence-corrected chi connectivity index (χ3v) is 3.55. The predicted octanol–water partition coefficient (Wildman–Crippen LogP) is 5.80. The Balaban J connectivity index is 1.63. The van der Waals surface area contributed by atoms with E-state index < -0.39 is 11.7 Å². The van der Waals surface area contributed by atoms with Crippen LogP contribution in [0.4, 0.5) is 13.2 Å². The molecule has 0 aliphatic rings. The van der Waals surface area contributed by atoms with Crippen LogP contribution >= 0.6 is 0 Å². The standard InChI is InChI=1S/C20H21F3O/c21-20(22,23)19-13-8-12-17(15-19)9-4-1-2-7-14-24-16-18-10-5-3-6-11-18/h1,3-6,8,10-13,15H,2,7,9,14,16H2/b4-1-. The molecule has 0 radical (unpaired) electrons. The maximum atomic E-state index is 12.6. The highest BCUT2D eigenvalue weighted by molar-refractivity contribution is 5.27. The third-order valence-electron chi connectivity index (χ3n) is 3.55. The zero-order valence-corrected chi connectivity index (χ0v) is 13.4. The second kappa shape index (κ2) is 9.28. The van der Waals surface area contributed by atoms with E-state index in [-0.39, 0.29) is 0 Å². The summed E-state index contributed by atoms with van der Waals surface area (Å²) in [6, 6.07) is 15.4. The van der Waals surface area contributed by atoms with Crippen molar-refractivity contribution in [3.8, 4) is 0 Å². The molecule has 0 saturated heterocycles. The number of unbranched alkanes of at least 4 members (excludes halogenated alkanes) is 1. The lowest BCUT2D eigenvalue weighted by atomic mass is 10.1. The average molecular weight is 334 g/mol. The van der Waals surface area contributed by atoms with Gasteiger partial charge in [0.1, 0.15) is 0 Å². The van der Waals surface area contributed by atoms with Crippen LogP contribution in [-0.2, 0) is 23.9 Å². The molecule has 4 heteroatoms. The molecule has 0 N–H and O–H groups in total. The number of benzene rings is 2. The van der Waals surface area contributed by atoms with Crippen molar-refractivity contribution >= 4 is 0 Å². The van der Waals surface area contributed by atoms with Gasteiger partial charge in [0, 0.05) is 6.61 Å². The first-order valence-corrected chi connectivity index (χ1v) is 7.98. The normalized spacial score (nSPS) is 12.0. The van der Waals surface area contributed by atoms with Crippen LogP contribution in [0.15, 0.2) is 66.7 Å². The lowest BCUT2D eigenvalue weighted by Crippen LogP contribution is -2.04. The van der Waals surface area contributed by atoms with Gasteiger partial charge >= 0.3 is 6.18 Å². The van der Waals surface area contributed by atoms with Crippen LogP contribution in [0.2, 0.25) is 0 Å². The first kappa shape index (κ1) is 18.3. The summed E-state index contributed by atoms with van der Waals surface area (Å²) in [5, 5.41) is 0. The van der Waals surface area contributed by atoms with Crippen LogP contribution in [0.5, 0.6) is 0 Å². The smallest absolute Gasteiger partial charge is 0.377 e. The fourth-order valence-corrected chi connectivity index (χ4v) is 2.28. The van der Waals surface area contributed by atoms with Gasteiger partial charge in [-0.2, -0.15) is 13.2 Å². The first-order chi connectivity index (χ1) is 11.6. The van der Waals surface area contributed by atoms with Gasteiger partial charge < -0.3 is 4.74 Å². The Morgan fingerprint density at radius 3 is 2.38 bits per heavy atom. The fraction of sp³-hybridized carbons (Fsp3) is 0.300. The lowest BCUT2D eigenvalue weighted by molar-refractivity contribution is -0.137. The zero-order chi connectivity index (χ0) is 17.3. The SMILES string of the molecule is FC(F)(F)c1cccc(C/C=C\CCCOCc2ccccc2)c1. The quantitative estimate of drug-likeness (QED) is 0.438. The summed E-state index contributed by atoms with van der Waals surface area (Å²) in [6.45, 7) is 1.28. The van der Waals surface area contributed by atoms with Crippen molar-refractivity contribution in [3.05, 3.63) is 83.4 Å². The van der Waals surface area contributed by atoms with Crippen molar-refractivity contribution in [2.45, 2.75) is 32.0 Å². The molecule has 0 fully saturated rings. The van der Waals surface area contributed by atoms with Crippen LogP contribution in [0.1, 0.15) is 29.5 Å². The minimum Gasteiger partial charge on any atom is -0.377 e. The largest absolute Gasteiger partial charge is 0.416 e. The molecule has 24 heavy (non-hydrogen) atoms. The molecule has 2 rings (SSSR count). The number of allylic oxidation sites excluding steroid dienone is 2. The van der Waals surface area contributed by atoms with Gasteiger partial charge in [0.2, 0.25) is 0 Å². The second-order valence-electron chi connectivity index (χ2n) is 5.55. The highest BCUT2D eigenvalue weighted by atomic mass is 19.4. The molecule has 0 bridgehead atoms. The number of rotatable bonds is 8. The Morgan fingerprint density at radius 1 is 0.875 bits per heavy atom. The van der Waals surface area contributed by atoms with E-state index in [0.717, 1.165) is 24.5 Å². The molecule has 0 heterocycles. The van der Waals surface area contributed by atoms with Crippen molar-refractivity contribution in [1.29, 1.82) is 0 Å². The molecular formula is C20H21F3O. The number of ether oxygens (including phenoxy) is 1. The van der Waals surface area contributed by atoms with Gasteiger partial charge in [-0.15, -0.1) is 0 Å². The molecule has 0 atom stereocenters. The first-order valence-electron chi connectivity index (χ1n) is 7.98. The van der Waals surface area contributed by atoms with Crippen molar-refractivity contribution in [2.75, 3.05) is 6.61 Å². The predicted molar refractivity (Wildman–Crippen MR) is 89.6 cm³/mol. The summed E-state index contributed by atoms with van der Waals surface area (Å²) in [5.41, 5.74) is 1.22. The van der Waals surface area contributed by atoms with E-state index in [0.29, 0.717) is 25.2 Å². The molecular weight excluding hydrogens is 313 g/mol. The number of halogens is 3. The highest BCUT2D eigenvalue weighted by Crippen LogP contribution is 2.29. The molecule has 0 aromatic heterocycles. The Kier molecular flexibility index (Phi) is 7.07. The van der Waals surface area contributed by atoms with Gasteiger partial charge in [-0.05, 0) is 36.5 Å². The van der Waals surface area contributed by atoms with Crippen LogP contribution in [-0.4, -0.2) is 6.61 Å². The van der Waals surface area contributed by atoms with Crippen LogP contribution in [0.3, 0.4) is 0 Å². The minimum absolute atomic E-state index is 0.509. The van der Waals surface area contributed by atoms with Gasteiger partial charge in [-0.25, -0.2) is 0 Å². The van der Waals surface area contributed by atoms with E-state index in [4.69, 9.17) is 4.74 Å². The van der Waals surface area contributed by atoms with E-state index in [1.165, 1.54) is 12.1 Å². The Labute approximate surface area is 140 Å². The van der Waals surface area contributed by atoms with Crippen molar-refractivity contribution < 1.29 is 17.9 Å². The highest BCUT2D eigenvalue weighted by Gasteiger charge is 2.30. The minimum atomic E-state index is -4.28. The maximum absolute atomic E-state index is 12.6. The molecule has 0 amide bonds. The average Bonchev–Trinajstić information content (AvgIpc) is 2.58. The van der Waals surface area contributed by atoms with E-state index in [1.807, 2.05) is 42.5 Å². The van der Waals surface area contributed by atoms with Gasteiger partial charge in [-0.1, -0.05) is 60.7 Å². The molecule has 0 aliphatic carbocycles. The Hall–Kier alpha value is -2.07. The van der Waals surface area contributed by atoms with Crippen molar-refractivity contribution in [2.24, 2.45) is 0 Å². The summed E-state index contributed by atoms with van der Waals surface area (Å²) in [5.74, 6) is 0. The van der Waals surface area contributed by atoms with E-state index in [1.54, 1.807) is 6.07 Å². The maximum Gasteiger partial charge on any atom is 0.416 e. The van der Waals surface area contributed by atoms with Crippen LogP contribution in [0.25, 0.3) is 0 Å². The van der Waals surface area contributed by atoms with Crippen molar-refractivity contribution in [1.82, 2.24) is 0 Å². The number of hydrogen-bond donors (Lipinski definition) is 0. The molecule has 2 aromatic rings. The molecule has 0 unspecified atom stereocenters. The summed E-state index contributed by atoms with van der Waals surface area (Å²) in [7, 11) is 0. The molecule has 2 aromatic carbocycles. The van der Waals surface area contributed by atoms with E-state index in [9.17, 15) is 13.2 Å². The molecule has 128 valence electrons. The molecule has 0 saturated carbocycles. The third kappa shape index (κ3) is 6.59. The van der Waals surface area contributed by atoms with E-state index in [2.05, 4.69) is 0 Å². The van der Waals surface area contributed by atoms with Crippen LogP contribution < -0.4 is 0 Å². The van der Waals surface area contributed by atoms with Gasteiger partial charge in [-0.3, -0.25) is 0 Å². The Bertz CT molecular complexity index is 633. The molecule has 0 aliphatic heterocycles. The van der Waals surface area contributed by atoms with Gasteiger partial charge in [0.25, 0.3) is 0 Å². The fourth-order valence-electron chi connectivity index (χ4n) is 2.28. The summed E-state index contributed by atoms with van der Waals surface area (Å²) in [4.78, 5) is 0. The summed E-state index contributed by atoms with van der Waals surface area (Å²) in [6.07, 6.45) is 1.88. The molecule has 1 nitrogen and oxygen atoms in total. The van der Waals surface area contributed by atoms with Crippen LogP contribution in [0, 0.1) is 0 Å². The number of alkyl halides is 3. The van der Waals surface area contributed by atoms with Crippen molar-refractivity contribution in [3.63, 3.8) is 0 Å². The zero-order valence-electron chi connectivity index (χ0n) is 13.4.